The van der Waals surface area contributed by atoms with E-state index in [9.17, 15) is 0 Å². The van der Waals surface area contributed by atoms with Crippen molar-refractivity contribution in [1.82, 2.24) is 5.32 Å². The fraction of sp³-hybridized carbons (Fsp3) is 0.833. The second-order valence-corrected chi connectivity index (χ2v) is 2.60. The van der Waals surface area contributed by atoms with Gasteiger partial charge in [0.2, 0.25) is 0 Å². The lowest BCUT2D eigenvalue weighted by atomic mass is 10.1. The molecule has 2 aliphatic rings. The van der Waals surface area contributed by atoms with Gasteiger partial charge in [-0.05, 0) is 25.2 Å². The maximum absolute atomic E-state index is 3.33. The van der Waals surface area contributed by atoms with E-state index in [4.69, 9.17) is 0 Å². The van der Waals surface area contributed by atoms with E-state index in [0.717, 1.165) is 12.0 Å². The molecule has 2 atom stereocenters. The summed E-state index contributed by atoms with van der Waals surface area (Å²) in [4.78, 5) is 0. The Labute approximate surface area is 44.1 Å². The third-order valence-corrected chi connectivity index (χ3v) is 2.04. The van der Waals surface area contributed by atoms with Crippen molar-refractivity contribution in [3.05, 3.63) is 6.54 Å². The number of hydrogen-bond acceptors (Lipinski definition) is 1. The molecule has 2 unspecified atom stereocenters. The first-order valence-electron chi connectivity index (χ1n) is 3.04. The van der Waals surface area contributed by atoms with E-state index in [2.05, 4.69) is 11.9 Å². The molecule has 1 saturated heterocycles. The van der Waals surface area contributed by atoms with Crippen LogP contribution in [0.1, 0.15) is 19.3 Å². The first-order valence-corrected chi connectivity index (χ1v) is 3.04. The molecule has 39 valence electrons. The summed E-state index contributed by atoms with van der Waals surface area (Å²) in [6, 6.07) is 0.866. The lowest BCUT2D eigenvalue weighted by Gasteiger charge is -2.07. The molecule has 2 fully saturated rings. The Morgan fingerprint density at radius 2 is 2.43 bits per heavy atom. The highest BCUT2D eigenvalue weighted by Crippen LogP contribution is 2.32. The van der Waals surface area contributed by atoms with Gasteiger partial charge in [-0.1, -0.05) is 0 Å². The summed E-state index contributed by atoms with van der Waals surface area (Å²) in [6.45, 7) is 2.26. The fourth-order valence-corrected chi connectivity index (χ4v) is 1.59. The van der Waals surface area contributed by atoms with Crippen LogP contribution < -0.4 is 5.32 Å². The Balaban J connectivity index is 2.12. The van der Waals surface area contributed by atoms with Crippen LogP contribution in [0.2, 0.25) is 0 Å². The molecule has 1 heteroatoms. The first kappa shape index (κ1) is 3.90. The monoisotopic (exact) mass is 96.1 g/mol. The van der Waals surface area contributed by atoms with Gasteiger partial charge in [-0.15, -0.1) is 0 Å². The van der Waals surface area contributed by atoms with Crippen LogP contribution in [-0.2, 0) is 0 Å². The summed E-state index contributed by atoms with van der Waals surface area (Å²) in [5, 5.41) is 3.33. The van der Waals surface area contributed by atoms with E-state index in [1.54, 1.807) is 0 Å². The van der Waals surface area contributed by atoms with Crippen molar-refractivity contribution < 1.29 is 0 Å². The molecule has 0 spiro atoms. The quantitative estimate of drug-likeness (QED) is 0.473. The van der Waals surface area contributed by atoms with Crippen molar-refractivity contribution in [2.45, 2.75) is 25.3 Å². The van der Waals surface area contributed by atoms with Crippen molar-refractivity contribution in [3.8, 4) is 0 Å². The molecule has 1 N–H and O–H groups in total. The molecule has 1 nitrogen and oxygen atoms in total. The highest BCUT2D eigenvalue weighted by molar-refractivity contribution is 4.96. The molecule has 7 heavy (non-hydrogen) atoms. The maximum atomic E-state index is 3.33. The lowest BCUT2D eigenvalue weighted by molar-refractivity contribution is 0.566. The third kappa shape index (κ3) is 0.480. The van der Waals surface area contributed by atoms with Gasteiger partial charge in [0.15, 0.2) is 0 Å². The van der Waals surface area contributed by atoms with Crippen LogP contribution in [0.5, 0.6) is 0 Å². The van der Waals surface area contributed by atoms with E-state index >= 15 is 0 Å². The summed E-state index contributed by atoms with van der Waals surface area (Å²) in [5.74, 6) is 0.935. The van der Waals surface area contributed by atoms with E-state index in [1.165, 1.54) is 19.3 Å². The standard InChI is InChI=1S/C6H10N/c1-2-6-3-5(1)4-7-6/h4-7H,1-3H2. The Hall–Kier alpha value is -0.0400. The van der Waals surface area contributed by atoms with Gasteiger partial charge in [-0.25, -0.2) is 0 Å². The Kier molecular flexibility index (Phi) is 0.680. The fourth-order valence-electron chi connectivity index (χ4n) is 1.59. The zero-order valence-corrected chi connectivity index (χ0v) is 4.35. The summed E-state index contributed by atoms with van der Waals surface area (Å²) in [6.07, 6.45) is 4.28. The number of nitrogens with one attached hydrogen (secondary N) is 1. The molecular weight excluding hydrogens is 86.1 g/mol. The van der Waals surface area contributed by atoms with Crippen molar-refractivity contribution >= 4 is 0 Å². The molecule has 1 radical (unpaired) electrons. The molecule has 0 aromatic heterocycles. The highest BCUT2D eigenvalue weighted by Gasteiger charge is 2.30. The third-order valence-electron chi connectivity index (χ3n) is 2.04. The number of hydrogen-bond donors (Lipinski definition) is 1. The van der Waals surface area contributed by atoms with Gasteiger partial charge in [0.1, 0.15) is 0 Å². The van der Waals surface area contributed by atoms with Crippen LogP contribution in [0, 0.1) is 12.5 Å². The summed E-state index contributed by atoms with van der Waals surface area (Å²) >= 11 is 0. The topological polar surface area (TPSA) is 12.0 Å². The van der Waals surface area contributed by atoms with E-state index < -0.39 is 0 Å². The Morgan fingerprint density at radius 1 is 1.43 bits per heavy atom. The Morgan fingerprint density at radius 3 is 2.57 bits per heavy atom. The number of rotatable bonds is 0. The van der Waals surface area contributed by atoms with E-state index in [-0.39, 0.29) is 0 Å². The largest absolute Gasteiger partial charge is 0.309 e. The molecule has 2 rings (SSSR count). The molecule has 1 saturated carbocycles. The zero-order valence-electron chi connectivity index (χ0n) is 4.35. The van der Waals surface area contributed by atoms with Crippen molar-refractivity contribution in [2.24, 2.45) is 5.92 Å². The molecule has 1 aliphatic carbocycles. The number of piperidine rings is 1. The van der Waals surface area contributed by atoms with E-state index in [0.29, 0.717) is 0 Å². The van der Waals surface area contributed by atoms with Gasteiger partial charge >= 0.3 is 0 Å². The molecule has 1 aliphatic heterocycles. The lowest BCUT2D eigenvalue weighted by Crippen LogP contribution is -2.19. The average Bonchev–Trinajstić information content (AvgIpc) is 2.22. The molecular formula is C6H10N. The minimum atomic E-state index is 0.866. The van der Waals surface area contributed by atoms with Crippen molar-refractivity contribution in [2.75, 3.05) is 0 Å². The van der Waals surface area contributed by atoms with Gasteiger partial charge in [-0.3, -0.25) is 0 Å². The SMILES string of the molecule is [CH]1NC2CCC1C2. The molecule has 2 bridgehead atoms. The van der Waals surface area contributed by atoms with Crippen LogP contribution in [0.4, 0.5) is 0 Å². The Bertz CT molecular complexity index is 62.2. The highest BCUT2D eigenvalue weighted by atomic mass is 15.0. The molecule has 0 amide bonds. The second kappa shape index (κ2) is 1.22. The summed E-state index contributed by atoms with van der Waals surface area (Å²) in [7, 11) is 0. The predicted octanol–water partition coefficient (Wildman–Crippen LogP) is 0.920. The van der Waals surface area contributed by atoms with Gasteiger partial charge in [0, 0.05) is 12.6 Å². The van der Waals surface area contributed by atoms with Crippen LogP contribution >= 0.6 is 0 Å². The van der Waals surface area contributed by atoms with Crippen LogP contribution in [0.25, 0.3) is 0 Å². The number of fused-ring (bicyclic) bond motifs is 2. The predicted molar refractivity (Wildman–Crippen MR) is 28.6 cm³/mol. The van der Waals surface area contributed by atoms with E-state index in [1.807, 2.05) is 0 Å². The normalized spacial score (nSPS) is 48.0. The minimum Gasteiger partial charge on any atom is -0.309 e. The van der Waals surface area contributed by atoms with Gasteiger partial charge in [0.05, 0.1) is 0 Å². The van der Waals surface area contributed by atoms with Crippen molar-refractivity contribution in [1.29, 1.82) is 0 Å². The average molecular weight is 96.2 g/mol. The van der Waals surface area contributed by atoms with Crippen molar-refractivity contribution in [3.63, 3.8) is 0 Å². The van der Waals surface area contributed by atoms with Crippen LogP contribution in [0.3, 0.4) is 0 Å². The zero-order chi connectivity index (χ0) is 4.69. The molecule has 1 heterocycles. The molecule has 0 aromatic rings. The van der Waals surface area contributed by atoms with Gasteiger partial charge in [0.25, 0.3) is 0 Å². The summed E-state index contributed by atoms with van der Waals surface area (Å²) in [5.41, 5.74) is 0. The van der Waals surface area contributed by atoms with Gasteiger partial charge in [-0.2, -0.15) is 0 Å². The first-order chi connectivity index (χ1) is 3.45. The maximum Gasteiger partial charge on any atom is 0.0255 e. The minimum absolute atomic E-state index is 0.866. The smallest absolute Gasteiger partial charge is 0.0255 e. The summed E-state index contributed by atoms with van der Waals surface area (Å²) < 4.78 is 0. The van der Waals surface area contributed by atoms with Crippen LogP contribution in [-0.4, -0.2) is 6.04 Å². The second-order valence-electron chi connectivity index (χ2n) is 2.60. The van der Waals surface area contributed by atoms with Gasteiger partial charge < -0.3 is 5.32 Å². The van der Waals surface area contributed by atoms with Crippen LogP contribution in [0.15, 0.2) is 0 Å². The molecule has 0 aromatic carbocycles.